The van der Waals surface area contributed by atoms with Gasteiger partial charge in [0.05, 0.1) is 5.56 Å². The van der Waals surface area contributed by atoms with Crippen LogP contribution >= 0.6 is 0 Å². The Morgan fingerprint density at radius 3 is 1.79 bits per heavy atom. The van der Waals surface area contributed by atoms with Gasteiger partial charge in [0.2, 0.25) is 0 Å². The molecule has 29 heavy (non-hydrogen) atoms. The molecule has 3 atom stereocenters. The fourth-order valence-corrected chi connectivity index (χ4v) is 4.43. The number of carboxylic acids is 1. The number of carbonyl (C=O) groups is 1. The van der Waals surface area contributed by atoms with Crippen molar-refractivity contribution in [3.63, 3.8) is 0 Å². The quantitative estimate of drug-likeness (QED) is 0.265. The van der Waals surface area contributed by atoms with Crippen LogP contribution < -0.4 is 0 Å². The first kappa shape index (κ1) is 25.7. The Morgan fingerprint density at radius 1 is 0.793 bits per heavy atom. The summed E-state index contributed by atoms with van der Waals surface area (Å²) in [5, 5.41) is 8.99. The molecule has 2 nitrogen and oxygen atoms in total. The zero-order valence-electron chi connectivity index (χ0n) is 19.6. The maximum Gasteiger partial charge on any atom is 0.335 e. The van der Waals surface area contributed by atoms with Crippen molar-refractivity contribution in [2.45, 2.75) is 111 Å². The van der Waals surface area contributed by atoms with Crippen molar-refractivity contribution in [2.24, 2.45) is 17.8 Å². The smallest absolute Gasteiger partial charge is 0.335 e. The van der Waals surface area contributed by atoms with Crippen LogP contribution in [0.1, 0.15) is 121 Å². The van der Waals surface area contributed by atoms with E-state index in [4.69, 9.17) is 5.11 Å². The Kier molecular flexibility index (Phi) is 13.8. The van der Waals surface area contributed by atoms with Gasteiger partial charge in [-0.15, -0.1) is 0 Å². The summed E-state index contributed by atoms with van der Waals surface area (Å²) in [5.41, 5.74) is 1.64. The molecule has 0 amide bonds. The number of hydrogen-bond acceptors (Lipinski definition) is 1. The zero-order chi connectivity index (χ0) is 21.5. The van der Waals surface area contributed by atoms with Crippen LogP contribution in [-0.2, 0) is 6.42 Å². The minimum absolute atomic E-state index is 0.380. The molecule has 2 heteroatoms. The molecular weight excluding hydrogens is 356 g/mol. The number of rotatable bonds is 17. The van der Waals surface area contributed by atoms with E-state index < -0.39 is 5.97 Å². The van der Waals surface area contributed by atoms with Gasteiger partial charge in [-0.2, -0.15) is 0 Å². The molecule has 0 aliphatic rings. The summed E-state index contributed by atoms with van der Waals surface area (Å²) in [6.45, 7) is 9.44. The lowest BCUT2D eigenvalue weighted by Crippen LogP contribution is -2.03. The van der Waals surface area contributed by atoms with E-state index in [2.05, 4.69) is 27.7 Å². The van der Waals surface area contributed by atoms with Crippen LogP contribution in [0.5, 0.6) is 0 Å². The molecule has 3 unspecified atom stereocenters. The topological polar surface area (TPSA) is 37.3 Å². The van der Waals surface area contributed by atoms with Gasteiger partial charge in [0, 0.05) is 0 Å². The van der Waals surface area contributed by atoms with Crippen molar-refractivity contribution in [2.75, 3.05) is 0 Å². The molecule has 0 fully saturated rings. The van der Waals surface area contributed by atoms with Gasteiger partial charge in [-0.25, -0.2) is 4.79 Å². The van der Waals surface area contributed by atoms with E-state index in [0.29, 0.717) is 5.56 Å². The van der Waals surface area contributed by atoms with Gasteiger partial charge < -0.3 is 5.11 Å². The molecule has 166 valence electrons. The summed E-state index contributed by atoms with van der Waals surface area (Å²) >= 11 is 0. The highest BCUT2D eigenvalue weighted by molar-refractivity contribution is 5.87. The Labute approximate surface area is 180 Å². The van der Waals surface area contributed by atoms with E-state index in [1.807, 2.05) is 12.1 Å². The van der Waals surface area contributed by atoms with Crippen LogP contribution in [0, 0.1) is 17.8 Å². The fourth-order valence-electron chi connectivity index (χ4n) is 4.43. The van der Waals surface area contributed by atoms with Gasteiger partial charge in [0.25, 0.3) is 0 Å². The molecule has 0 heterocycles. The summed E-state index contributed by atoms with van der Waals surface area (Å²) in [6, 6.07) is 7.40. The first-order chi connectivity index (χ1) is 14.0. The molecular formula is C27H46O2. The van der Waals surface area contributed by atoms with Crippen LogP contribution in [0.2, 0.25) is 0 Å². The Morgan fingerprint density at radius 2 is 1.31 bits per heavy atom. The molecule has 1 rings (SSSR count). The maximum absolute atomic E-state index is 10.9. The highest BCUT2D eigenvalue weighted by Crippen LogP contribution is 2.23. The van der Waals surface area contributed by atoms with Crippen molar-refractivity contribution in [3.05, 3.63) is 35.4 Å². The third kappa shape index (κ3) is 12.1. The van der Waals surface area contributed by atoms with Crippen molar-refractivity contribution >= 4 is 5.97 Å². The van der Waals surface area contributed by atoms with E-state index in [9.17, 15) is 4.79 Å². The number of aromatic carboxylic acids is 1. The minimum atomic E-state index is -0.844. The molecule has 0 radical (unpaired) electrons. The van der Waals surface area contributed by atoms with E-state index in [1.54, 1.807) is 12.1 Å². The van der Waals surface area contributed by atoms with Gasteiger partial charge >= 0.3 is 5.97 Å². The monoisotopic (exact) mass is 402 g/mol. The Balaban J connectivity index is 2.12. The molecule has 0 aliphatic carbocycles. The number of benzene rings is 1. The second-order valence-electron chi connectivity index (χ2n) is 9.38. The summed E-state index contributed by atoms with van der Waals surface area (Å²) in [4.78, 5) is 10.9. The highest BCUT2D eigenvalue weighted by atomic mass is 16.4. The molecule has 1 aromatic rings. The van der Waals surface area contributed by atoms with E-state index in [1.165, 1.54) is 82.6 Å². The normalized spacial score (nSPS) is 14.5. The molecule has 0 saturated carbocycles. The molecule has 0 saturated heterocycles. The molecule has 0 aliphatic heterocycles. The molecule has 0 spiro atoms. The first-order valence-electron chi connectivity index (χ1n) is 12.3. The van der Waals surface area contributed by atoms with E-state index in [-0.39, 0.29) is 0 Å². The summed E-state index contributed by atoms with van der Waals surface area (Å²) < 4.78 is 0. The second-order valence-corrected chi connectivity index (χ2v) is 9.38. The number of aryl methyl sites for hydroxylation is 1. The number of unbranched alkanes of at least 4 members (excludes halogenated alkanes) is 2. The van der Waals surface area contributed by atoms with E-state index >= 15 is 0 Å². The number of hydrogen-bond donors (Lipinski definition) is 1. The predicted molar refractivity (Wildman–Crippen MR) is 126 cm³/mol. The van der Waals surface area contributed by atoms with Gasteiger partial charge in [0.1, 0.15) is 0 Å². The van der Waals surface area contributed by atoms with Crippen molar-refractivity contribution < 1.29 is 9.90 Å². The van der Waals surface area contributed by atoms with Gasteiger partial charge in [0.15, 0.2) is 0 Å². The zero-order valence-corrected chi connectivity index (χ0v) is 19.6. The average molecular weight is 403 g/mol. The summed E-state index contributed by atoms with van der Waals surface area (Å²) in [6.07, 6.45) is 17.3. The van der Waals surface area contributed by atoms with E-state index in [0.717, 1.165) is 24.2 Å². The standard InChI is InChI=1S/C27H46O2/c1-5-11-22(3)12-7-8-13-23(4)14-9-10-15-24(6-2)16-17-25-18-20-26(21-19-25)27(28)29/h18-24H,5-17H2,1-4H3,(H,28,29). The molecule has 1 N–H and O–H groups in total. The molecule has 0 bridgehead atoms. The second kappa shape index (κ2) is 15.5. The maximum atomic E-state index is 10.9. The minimum Gasteiger partial charge on any atom is -0.478 e. The lowest BCUT2D eigenvalue weighted by atomic mass is 9.90. The predicted octanol–water partition coefficient (Wildman–Crippen LogP) is 8.54. The highest BCUT2D eigenvalue weighted by Gasteiger charge is 2.09. The van der Waals surface area contributed by atoms with Crippen LogP contribution in [-0.4, -0.2) is 11.1 Å². The Bertz CT molecular complexity index is 534. The third-order valence-electron chi connectivity index (χ3n) is 6.60. The lowest BCUT2D eigenvalue weighted by Gasteiger charge is -2.16. The summed E-state index contributed by atoms with van der Waals surface area (Å²) in [7, 11) is 0. The van der Waals surface area contributed by atoms with Gasteiger partial charge in [-0.1, -0.05) is 110 Å². The van der Waals surface area contributed by atoms with Crippen molar-refractivity contribution in [1.29, 1.82) is 0 Å². The number of carboxylic acid groups (broad SMARTS) is 1. The fraction of sp³-hybridized carbons (Fsp3) is 0.741. The molecule has 0 aromatic heterocycles. The lowest BCUT2D eigenvalue weighted by molar-refractivity contribution is 0.0697. The van der Waals surface area contributed by atoms with Crippen LogP contribution in [0.25, 0.3) is 0 Å². The van der Waals surface area contributed by atoms with Crippen molar-refractivity contribution in [3.8, 4) is 0 Å². The average Bonchev–Trinajstić information content (AvgIpc) is 2.71. The molecule has 1 aromatic carbocycles. The van der Waals surface area contributed by atoms with Crippen LogP contribution in [0.4, 0.5) is 0 Å². The van der Waals surface area contributed by atoms with Gasteiger partial charge in [-0.3, -0.25) is 0 Å². The largest absolute Gasteiger partial charge is 0.478 e. The van der Waals surface area contributed by atoms with Crippen molar-refractivity contribution in [1.82, 2.24) is 0 Å². The van der Waals surface area contributed by atoms with Gasteiger partial charge in [-0.05, 0) is 48.3 Å². The Hall–Kier alpha value is -1.31. The first-order valence-corrected chi connectivity index (χ1v) is 12.3. The summed E-state index contributed by atoms with van der Waals surface area (Å²) in [5.74, 6) is 1.74. The van der Waals surface area contributed by atoms with Crippen LogP contribution in [0.15, 0.2) is 24.3 Å². The van der Waals surface area contributed by atoms with Crippen LogP contribution in [0.3, 0.4) is 0 Å². The SMILES string of the molecule is CCCC(C)CCCCC(C)CCCCC(CC)CCc1ccc(C(=O)O)cc1. The third-order valence-corrected chi connectivity index (χ3v) is 6.60.